The molecule has 0 aromatic rings. The van der Waals surface area contributed by atoms with Crippen molar-refractivity contribution in [1.82, 2.24) is 0 Å². The van der Waals surface area contributed by atoms with Gasteiger partial charge < -0.3 is 4.74 Å². The minimum Gasteiger partial charge on any atom is -0.466 e. The van der Waals surface area contributed by atoms with Crippen LogP contribution >= 0.6 is 8.69 Å². The lowest BCUT2D eigenvalue weighted by molar-refractivity contribution is -0.143. The molecule has 0 aliphatic carbocycles. The van der Waals surface area contributed by atoms with E-state index in [1.807, 2.05) is 0 Å². The first kappa shape index (κ1) is 9.53. The molecule has 4 nitrogen and oxygen atoms in total. The summed E-state index contributed by atoms with van der Waals surface area (Å²) < 4.78 is 18.6. The summed E-state index contributed by atoms with van der Waals surface area (Å²) in [5.41, 5.74) is 0. The fourth-order valence-electron chi connectivity index (χ4n) is 0.399. The maximum atomic E-state index is 10.5. The molecule has 0 amide bonds. The fraction of sp³-hybridized carbons (Fsp3) is 0.800. The van der Waals surface area contributed by atoms with Gasteiger partial charge in [-0.1, -0.05) is 0 Å². The molecule has 0 N–H and O–H groups in total. The zero-order valence-electron chi connectivity index (χ0n) is 5.70. The molecule has 0 aliphatic rings. The van der Waals surface area contributed by atoms with Gasteiger partial charge in [0.2, 0.25) is 0 Å². The molecule has 0 radical (unpaired) electrons. The Kier molecular flexibility index (Phi) is 6.33. The van der Waals surface area contributed by atoms with Gasteiger partial charge in [-0.15, -0.1) is 0 Å². The van der Waals surface area contributed by atoms with Crippen LogP contribution in [-0.2, 0) is 18.6 Å². The number of hydrogen-bond donors (Lipinski definition) is 0. The SMILES string of the molecule is CCOC(=O)CCOP=O. The number of ether oxygens (including phenoxy) is 1. The van der Waals surface area contributed by atoms with Gasteiger partial charge in [0.25, 0.3) is 0 Å². The first-order chi connectivity index (χ1) is 4.81. The Hall–Kier alpha value is -0.470. The molecule has 0 bridgehead atoms. The number of hydrogen-bond acceptors (Lipinski definition) is 4. The lowest BCUT2D eigenvalue weighted by atomic mass is 10.5. The number of esters is 1. The third kappa shape index (κ3) is 5.66. The van der Waals surface area contributed by atoms with Crippen molar-refractivity contribution in [2.24, 2.45) is 0 Å². The Labute approximate surface area is 60.8 Å². The molecule has 10 heavy (non-hydrogen) atoms. The molecule has 58 valence electrons. The van der Waals surface area contributed by atoms with Crippen LogP contribution in [0, 0.1) is 0 Å². The van der Waals surface area contributed by atoms with E-state index >= 15 is 0 Å². The van der Waals surface area contributed by atoms with E-state index in [0.29, 0.717) is 6.61 Å². The highest BCUT2D eigenvalue weighted by atomic mass is 31.1. The van der Waals surface area contributed by atoms with Crippen molar-refractivity contribution in [1.29, 1.82) is 0 Å². The highest BCUT2D eigenvalue weighted by molar-refractivity contribution is 7.17. The van der Waals surface area contributed by atoms with Crippen molar-refractivity contribution in [3.63, 3.8) is 0 Å². The van der Waals surface area contributed by atoms with E-state index in [-0.39, 0.29) is 19.0 Å². The van der Waals surface area contributed by atoms with Crippen LogP contribution in [0.3, 0.4) is 0 Å². The lowest BCUT2D eigenvalue weighted by Crippen LogP contribution is -2.05. The molecular formula is C5H9O4P. The second-order valence-corrected chi connectivity index (χ2v) is 1.87. The van der Waals surface area contributed by atoms with Crippen LogP contribution in [0.4, 0.5) is 0 Å². The maximum Gasteiger partial charge on any atom is 0.327 e. The fourth-order valence-corrected chi connectivity index (χ4v) is 0.565. The highest BCUT2D eigenvalue weighted by Crippen LogP contribution is 1.96. The van der Waals surface area contributed by atoms with Crippen molar-refractivity contribution in [3.05, 3.63) is 0 Å². The summed E-state index contributed by atoms with van der Waals surface area (Å²) in [4.78, 5) is 10.5. The lowest BCUT2D eigenvalue weighted by Gasteiger charge is -1.97. The molecule has 5 heteroatoms. The summed E-state index contributed by atoms with van der Waals surface area (Å²) in [6.07, 6.45) is 0.156. The Morgan fingerprint density at radius 3 is 2.80 bits per heavy atom. The first-order valence-corrected chi connectivity index (χ1v) is 3.64. The van der Waals surface area contributed by atoms with Crippen LogP contribution in [0.25, 0.3) is 0 Å². The zero-order chi connectivity index (χ0) is 7.82. The summed E-state index contributed by atoms with van der Waals surface area (Å²) in [6.45, 7) is 2.24. The Bertz CT molecular complexity index is 114. The zero-order valence-corrected chi connectivity index (χ0v) is 6.60. The summed E-state index contributed by atoms with van der Waals surface area (Å²) in [5.74, 6) is -0.328. The molecule has 0 atom stereocenters. The summed E-state index contributed by atoms with van der Waals surface area (Å²) in [6, 6.07) is 0. The van der Waals surface area contributed by atoms with Crippen molar-refractivity contribution in [2.75, 3.05) is 13.2 Å². The molecule has 0 rings (SSSR count). The average molecular weight is 164 g/mol. The highest BCUT2D eigenvalue weighted by Gasteiger charge is 1.99. The van der Waals surface area contributed by atoms with E-state index < -0.39 is 8.69 Å². The van der Waals surface area contributed by atoms with Crippen molar-refractivity contribution in [3.8, 4) is 0 Å². The minimum absolute atomic E-state index is 0.143. The predicted octanol–water partition coefficient (Wildman–Crippen LogP) is 1.16. The number of rotatable bonds is 5. The van der Waals surface area contributed by atoms with Crippen LogP contribution in [0.15, 0.2) is 0 Å². The molecule has 0 heterocycles. The van der Waals surface area contributed by atoms with Crippen LogP contribution in [-0.4, -0.2) is 19.2 Å². The second-order valence-electron chi connectivity index (χ2n) is 1.46. The molecule has 0 fully saturated rings. The van der Waals surface area contributed by atoms with Crippen LogP contribution in [0.5, 0.6) is 0 Å². The Balaban J connectivity index is 3.13. The van der Waals surface area contributed by atoms with Gasteiger partial charge >= 0.3 is 14.7 Å². The largest absolute Gasteiger partial charge is 0.466 e. The van der Waals surface area contributed by atoms with Crippen molar-refractivity contribution in [2.45, 2.75) is 13.3 Å². The first-order valence-electron chi connectivity index (χ1n) is 2.91. The van der Waals surface area contributed by atoms with E-state index in [0.717, 1.165) is 0 Å². The van der Waals surface area contributed by atoms with Gasteiger partial charge in [0.15, 0.2) is 0 Å². The number of carbonyl (C=O) groups is 1. The molecule has 0 aromatic carbocycles. The summed E-state index contributed by atoms with van der Waals surface area (Å²) in [7, 11) is -0.397. The summed E-state index contributed by atoms with van der Waals surface area (Å²) >= 11 is 0. The minimum atomic E-state index is -0.397. The van der Waals surface area contributed by atoms with Gasteiger partial charge in [-0.25, -0.2) is 4.57 Å². The average Bonchev–Trinajstić information content (AvgIpc) is 1.89. The third-order valence-corrected chi connectivity index (χ3v) is 1.04. The van der Waals surface area contributed by atoms with Crippen molar-refractivity contribution >= 4 is 14.7 Å². The molecular weight excluding hydrogens is 155 g/mol. The van der Waals surface area contributed by atoms with Gasteiger partial charge in [-0.3, -0.25) is 9.32 Å². The van der Waals surface area contributed by atoms with E-state index in [9.17, 15) is 9.36 Å². The molecule has 0 unspecified atom stereocenters. The van der Waals surface area contributed by atoms with Crippen LogP contribution < -0.4 is 0 Å². The topological polar surface area (TPSA) is 52.6 Å². The van der Waals surface area contributed by atoms with Crippen LogP contribution in [0.2, 0.25) is 0 Å². The predicted molar refractivity (Wildman–Crippen MR) is 34.8 cm³/mol. The number of carbonyl (C=O) groups excluding carboxylic acids is 1. The normalized spacial score (nSPS) is 9.70. The Morgan fingerprint density at radius 1 is 1.60 bits per heavy atom. The molecule has 0 aromatic heterocycles. The van der Waals surface area contributed by atoms with Gasteiger partial charge in [-0.2, -0.15) is 0 Å². The van der Waals surface area contributed by atoms with Crippen LogP contribution in [0.1, 0.15) is 13.3 Å². The summed E-state index contributed by atoms with van der Waals surface area (Å²) in [5, 5.41) is 0. The van der Waals surface area contributed by atoms with Gasteiger partial charge in [0, 0.05) is 0 Å². The van der Waals surface area contributed by atoms with E-state index in [1.54, 1.807) is 6.92 Å². The molecule has 0 aliphatic heterocycles. The second kappa shape index (κ2) is 6.65. The van der Waals surface area contributed by atoms with E-state index in [1.165, 1.54) is 0 Å². The molecule has 0 saturated heterocycles. The smallest absolute Gasteiger partial charge is 0.327 e. The van der Waals surface area contributed by atoms with Gasteiger partial charge in [0.1, 0.15) is 0 Å². The Morgan fingerprint density at radius 2 is 2.30 bits per heavy atom. The van der Waals surface area contributed by atoms with Crippen molar-refractivity contribution < 1.29 is 18.6 Å². The van der Waals surface area contributed by atoms with Gasteiger partial charge in [-0.05, 0) is 6.92 Å². The molecule has 0 spiro atoms. The third-order valence-electron chi connectivity index (χ3n) is 0.756. The standard InChI is InChI=1S/C5H9O4P/c1-2-8-5(6)3-4-9-10-7/h2-4H2,1H3. The van der Waals surface area contributed by atoms with Gasteiger partial charge in [0.05, 0.1) is 19.6 Å². The molecule has 0 saturated carbocycles. The van der Waals surface area contributed by atoms with E-state index in [2.05, 4.69) is 9.26 Å². The quantitative estimate of drug-likeness (QED) is 0.347. The van der Waals surface area contributed by atoms with E-state index in [4.69, 9.17) is 0 Å². The monoisotopic (exact) mass is 164 g/mol. The maximum absolute atomic E-state index is 10.5.